The highest BCUT2D eigenvalue weighted by molar-refractivity contribution is 9.10. The predicted octanol–water partition coefficient (Wildman–Crippen LogP) is 4.42. The molecule has 1 amide bonds. The van der Waals surface area contributed by atoms with Crippen LogP contribution in [0.3, 0.4) is 0 Å². The van der Waals surface area contributed by atoms with Crippen LogP contribution in [0.2, 0.25) is 0 Å². The molecule has 1 aromatic carbocycles. The standard InChI is InChI=1S/C19H26BrN3O2/c1-11(2)10-23-14(5)16(13(4)22-23)9-18(24)21-19-12(3)7-15(20)8-17(19)25-6/h7-8,11H,9-10H2,1-6H3,(H,21,24). The number of benzene rings is 1. The number of carbonyl (C=O) groups is 1. The third kappa shape index (κ3) is 4.63. The van der Waals surface area contributed by atoms with Gasteiger partial charge >= 0.3 is 0 Å². The Kier molecular flexibility index (Phi) is 6.27. The third-order valence-electron chi connectivity index (χ3n) is 4.16. The van der Waals surface area contributed by atoms with Gasteiger partial charge in [-0.1, -0.05) is 29.8 Å². The smallest absolute Gasteiger partial charge is 0.229 e. The number of anilines is 1. The first kappa shape index (κ1) is 19.5. The molecule has 0 spiro atoms. The van der Waals surface area contributed by atoms with Crippen LogP contribution < -0.4 is 10.1 Å². The fraction of sp³-hybridized carbons (Fsp3) is 0.474. The first-order valence-electron chi connectivity index (χ1n) is 8.39. The molecule has 5 nitrogen and oxygen atoms in total. The molecule has 0 saturated carbocycles. The van der Waals surface area contributed by atoms with Gasteiger partial charge in [0.2, 0.25) is 5.91 Å². The van der Waals surface area contributed by atoms with E-state index in [9.17, 15) is 4.79 Å². The monoisotopic (exact) mass is 407 g/mol. The minimum Gasteiger partial charge on any atom is -0.495 e. The molecule has 0 aliphatic rings. The lowest BCUT2D eigenvalue weighted by Crippen LogP contribution is -2.17. The van der Waals surface area contributed by atoms with Crippen LogP contribution in [0.15, 0.2) is 16.6 Å². The Balaban J connectivity index is 2.21. The van der Waals surface area contributed by atoms with E-state index in [1.165, 1.54) is 0 Å². The average molecular weight is 408 g/mol. The molecule has 0 unspecified atom stereocenters. The zero-order valence-corrected chi connectivity index (χ0v) is 17.3. The van der Waals surface area contributed by atoms with Gasteiger partial charge in [0.25, 0.3) is 0 Å². The van der Waals surface area contributed by atoms with Gasteiger partial charge in [0.15, 0.2) is 0 Å². The number of amides is 1. The van der Waals surface area contributed by atoms with Crippen LogP contribution in [0, 0.1) is 26.7 Å². The summed E-state index contributed by atoms with van der Waals surface area (Å²) < 4.78 is 8.30. The minimum absolute atomic E-state index is 0.0704. The zero-order valence-electron chi connectivity index (χ0n) is 15.7. The van der Waals surface area contributed by atoms with Gasteiger partial charge in [0, 0.05) is 22.3 Å². The van der Waals surface area contributed by atoms with Crippen LogP contribution in [0.1, 0.15) is 36.4 Å². The van der Waals surface area contributed by atoms with Gasteiger partial charge < -0.3 is 10.1 Å². The maximum absolute atomic E-state index is 12.6. The second kappa shape index (κ2) is 8.04. The number of aromatic nitrogens is 2. The number of carbonyl (C=O) groups excluding carboxylic acids is 1. The average Bonchev–Trinajstić information content (AvgIpc) is 2.76. The van der Waals surface area contributed by atoms with Crippen molar-refractivity contribution in [2.75, 3.05) is 12.4 Å². The minimum atomic E-state index is -0.0704. The van der Waals surface area contributed by atoms with Crippen molar-refractivity contribution >= 4 is 27.5 Å². The topological polar surface area (TPSA) is 56.1 Å². The number of methoxy groups -OCH3 is 1. The van der Waals surface area contributed by atoms with Gasteiger partial charge in [-0.05, 0) is 44.4 Å². The highest BCUT2D eigenvalue weighted by Crippen LogP contribution is 2.32. The maximum atomic E-state index is 12.6. The lowest BCUT2D eigenvalue weighted by atomic mass is 10.1. The molecule has 0 aliphatic heterocycles. The van der Waals surface area contributed by atoms with Crippen molar-refractivity contribution in [1.29, 1.82) is 0 Å². The molecular formula is C19H26BrN3O2. The van der Waals surface area contributed by atoms with Crippen LogP contribution in [0.25, 0.3) is 0 Å². The summed E-state index contributed by atoms with van der Waals surface area (Å²) in [5.41, 5.74) is 4.62. The number of aryl methyl sites for hydroxylation is 2. The van der Waals surface area contributed by atoms with E-state index in [0.29, 0.717) is 23.8 Å². The number of ether oxygens (including phenoxy) is 1. The molecular weight excluding hydrogens is 382 g/mol. The Labute approximate surface area is 157 Å². The van der Waals surface area contributed by atoms with Gasteiger partial charge in [-0.3, -0.25) is 9.48 Å². The zero-order chi connectivity index (χ0) is 18.7. The summed E-state index contributed by atoms with van der Waals surface area (Å²) in [5, 5.41) is 7.57. The van der Waals surface area contributed by atoms with Gasteiger partial charge in [0.05, 0.1) is 24.9 Å². The Hall–Kier alpha value is -1.82. The van der Waals surface area contributed by atoms with Crippen molar-refractivity contribution in [3.05, 3.63) is 39.1 Å². The number of nitrogens with zero attached hydrogens (tertiary/aromatic N) is 2. The third-order valence-corrected chi connectivity index (χ3v) is 4.61. The number of hydrogen-bond donors (Lipinski definition) is 1. The second-order valence-electron chi connectivity index (χ2n) is 6.75. The predicted molar refractivity (Wildman–Crippen MR) is 104 cm³/mol. The van der Waals surface area contributed by atoms with Crippen molar-refractivity contribution < 1.29 is 9.53 Å². The summed E-state index contributed by atoms with van der Waals surface area (Å²) in [6.45, 7) is 11.1. The van der Waals surface area contributed by atoms with E-state index in [2.05, 4.69) is 40.2 Å². The van der Waals surface area contributed by atoms with E-state index in [-0.39, 0.29) is 5.91 Å². The first-order chi connectivity index (χ1) is 11.7. The fourth-order valence-electron chi connectivity index (χ4n) is 2.89. The van der Waals surface area contributed by atoms with Crippen molar-refractivity contribution in [1.82, 2.24) is 9.78 Å². The fourth-order valence-corrected chi connectivity index (χ4v) is 3.44. The first-order valence-corrected chi connectivity index (χ1v) is 9.19. The molecule has 0 fully saturated rings. The summed E-state index contributed by atoms with van der Waals surface area (Å²) in [4.78, 5) is 12.6. The molecule has 136 valence electrons. The number of nitrogens with one attached hydrogen (secondary N) is 1. The number of rotatable bonds is 6. The Morgan fingerprint density at radius 3 is 2.60 bits per heavy atom. The highest BCUT2D eigenvalue weighted by atomic mass is 79.9. The molecule has 2 rings (SSSR count). The normalized spacial score (nSPS) is 11.0. The molecule has 0 saturated heterocycles. The molecule has 0 aliphatic carbocycles. The molecule has 6 heteroatoms. The van der Waals surface area contributed by atoms with Crippen molar-refractivity contribution in [3.63, 3.8) is 0 Å². The molecule has 1 aromatic heterocycles. The molecule has 25 heavy (non-hydrogen) atoms. The summed E-state index contributed by atoms with van der Waals surface area (Å²) in [5.74, 6) is 1.08. The van der Waals surface area contributed by atoms with Gasteiger partial charge in [-0.2, -0.15) is 5.10 Å². The summed E-state index contributed by atoms with van der Waals surface area (Å²) in [6.07, 6.45) is 0.300. The molecule has 0 bridgehead atoms. The number of halogens is 1. The summed E-state index contributed by atoms with van der Waals surface area (Å²) in [6, 6.07) is 3.80. The Morgan fingerprint density at radius 1 is 1.32 bits per heavy atom. The van der Waals surface area contributed by atoms with E-state index < -0.39 is 0 Å². The van der Waals surface area contributed by atoms with E-state index >= 15 is 0 Å². The lowest BCUT2D eigenvalue weighted by molar-refractivity contribution is -0.115. The number of hydrogen-bond acceptors (Lipinski definition) is 3. The van der Waals surface area contributed by atoms with Crippen LogP contribution in [0.5, 0.6) is 5.75 Å². The summed E-state index contributed by atoms with van der Waals surface area (Å²) >= 11 is 3.45. The second-order valence-corrected chi connectivity index (χ2v) is 7.67. The van der Waals surface area contributed by atoms with Gasteiger partial charge in [-0.25, -0.2) is 0 Å². The molecule has 1 N–H and O–H groups in total. The van der Waals surface area contributed by atoms with Gasteiger partial charge in [-0.15, -0.1) is 0 Å². The molecule has 1 heterocycles. The molecule has 2 aromatic rings. The van der Waals surface area contributed by atoms with E-state index in [1.54, 1.807) is 7.11 Å². The van der Waals surface area contributed by atoms with E-state index in [0.717, 1.165) is 33.5 Å². The van der Waals surface area contributed by atoms with Crippen LogP contribution in [-0.4, -0.2) is 22.8 Å². The van der Waals surface area contributed by atoms with Gasteiger partial charge in [0.1, 0.15) is 5.75 Å². The lowest BCUT2D eigenvalue weighted by Gasteiger charge is -2.14. The molecule has 0 atom stereocenters. The van der Waals surface area contributed by atoms with Crippen molar-refractivity contribution in [2.45, 2.75) is 47.6 Å². The Morgan fingerprint density at radius 2 is 2.00 bits per heavy atom. The largest absolute Gasteiger partial charge is 0.495 e. The van der Waals surface area contributed by atoms with Crippen LogP contribution in [0.4, 0.5) is 5.69 Å². The van der Waals surface area contributed by atoms with E-state index in [4.69, 9.17) is 4.74 Å². The van der Waals surface area contributed by atoms with Crippen LogP contribution in [-0.2, 0) is 17.8 Å². The molecule has 0 radical (unpaired) electrons. The SMILES string of the molecule is COc1cc(Br)cc(C)c1NC(=O)Cc1c(C)nn(CC(C)C)c1C. The van der Waals surface area contributed by atoms with Crippen molar-refractivity contribution in [3.8, 4) is 5.75 Å². The maximum Gasteiger partial charge on any atom is 0.229 e. The Bertz CT molecular complexity index is 781. The van der Waals surface area contributed by atoms with Crippen LogP contribution >= 0.6 is 15.9 Å². The highest BCUT2D eigenvalue weighted by Gasteiger charge is 2.17. The summed E-state index contributed by atoms with van der Waals surface area (Å²) in [7, 11) is 1.60. The quantitative estimate of drug-likeness (QED) is 0.770. The van der Waals surface area contributed by atoms with Crippen molar-refractivity contribution in [2.24, 2.45) is 5.92 Å². The van der Waals surface area contributed by atoms with E-state index in [1.807, 2.05) is 37.6 Å².